The summed E-state index contributed by atoms with van der Waals surface area (Å²) < 4.78 is 13.8. The Hall–Kier alpha value is -3.53. The Morgan fingerprint density at radius 1 is 0.846 bits per heavy atom. The molecular formula is C22H15FN2O. The maximum Gasteiger partial charge on any atom is 0.258 e. The van der Waals surface area contributed by atoms with Gasteiger partial charge in [-0.25, -0.2) is 9.37 Å². The first kappa shape index (κ1) is 16.0. The van der Waals surface area contributed by atoms with Gasteiger partial charge in [0, 0.05) is 16.6 Å². The van der Waals surface area contributed by atoms with Crippen LogP contribution in [0.4, 0.5) is 10.1 Å². The Morgan fingerprint density at radius 2 is 1.65 bits per heavy atom. The summed E-state index contributed by atoms with van der Waals surface area (Å²) in [5.74, 6) is -1.02. The smallest absolute Gasteiger partial charge is 0.258 e. The third-order valence-electron chi connectivity index (χ3n) is 4.13. The molecule has 4 rings (SSSR count). The van der Waals surface area contributed by atoms with Crippen molar-refractivity contribution in [3.63, 3.8) is 0 Å². The van der Waals surface area contributed by atoms with Crippen molar-refractivity contribution in [1.82, 2.24) is 4.98 Å². The van der Waals surface area contributed by atoms with Crippen LogP contribution in [-0.2, 0) is 0 Å². The average molecular weight is 342 g/mol. The first-order valence-corrected chi connectivity index (χ1v) is 8.23. The molecule has 0 radical (unpaired) electrons. The van der Waals surface area contributed by atoms with E-state index in [4.69, 9.17) is 0 Å². The number of hydrogen-bond donors (Lipinski definition) is 1. The van der Waals surface area contributed by atoms with E-state index in [1.165, 1.54) is 12.1 Å². The summed E-state index contributed by atoms with van der Waals surface area (Å²) in [5, 5.41) is 3.81. The second-order valence-electron chi connectivity index (χ2n) is 5.90. The standard InChI is InChI=1S/C22H15FN2O/c23-19-10-3-2-9-18(19)22(26)24-17-8-5-7-16(14-17)21-13-12-15-6-1-4-11-20(15)25-21/h1-14H,(H,24,26). The number of pyridine rings is 1. The highest BCUT2D eigenvalue weighted by molar-refractivity contribution is 6.04. The lowest BCUT2D eigenvalue weighted by Gasteiger charge is -2.08. The number of benzene rings is 3. The zero-order valence-electron chi connectivity index (χ0n) is 13.8. The summed E-state index contributed by atoms with van der Waals surface area (Å²) in [6.07, 6.45) is 0. The van der Waals surface area contributed by atoms with E-state index >= 15 is 0 Å². The molecule has 4 aromatic rings. The molecule has 1 aromatic heterocycles. The number of anilines is 1. The van der Waals surface area contributed by atoms with Gasteiger partial charge in [-0.3, -0.25) is 4.79 Å². The van der Waals surface area contributed by atoms with Crippen LogP contribution in [0.2, 0.25) is 0 Å². The number of nitrogens with zero attached hydrogens (tertiary/aromatic N) is 1. The Morgan fingerprint density at radius 3 is 2.54 bits per heavy atom. The van der Waals surface area contributed by atoms with Crippen molar-refractivity contribution in [3.8, 4) is 11.3 Å². The lowest BCUT2D eigenvalue weighted by atomic mass is 10.1. The summed E-state index contributed by atoms with van der Waals surface area (Å²) >= 11 is 0. The Kier molecular flexibility index (Phi) is 4.15. The summed E-state index contributed by atoms with van der Waals surface area (Å²) in [7, 11) is 0. The molecule has 126 valence electrons. The first-order valence-electron chi connectivity index (χ1n) is 8.23. The predicted molar refractivity (Wildman–Crippen MR) is 102 cm³/mol. The number of fused-ring (bicyclic) bond motifs is 1. The van der Waals surface area contributed by atoms with Gasteiger partial charge in [0.2, 0.25) is 0 Å². The Bertz CT molecular complexity index is 1110. The molecule has 0 bridgehead atoms. The van der Waals surface area contributed by atoms with Gasteiger partial charge in [-0.05, 0) is 36.4 Å². The molecule has 0 unspecified atom stereocenters. The third kappa shape index (κ3) is 3.17. The molecule has 0 saturated carbocycles. The topological polar surface area (TPSA) is 42.0 Å². The molecule has 1 amide bonds. The van der Waals surface area contributed by atoms with Crippen molar-refractivity contribution in [2.24, 2.45) is 0 Å². The summed E-state index contributed by atoms with van der Waals surface area (Å²) in [4.78, 5) is 17.0. The number of carbonyl (C=O) groups is 1. The van der Waals surface area contributed by atoms with Crippen LogP contribution >= 0.6 is 0 Å². The maximum atomic E-state index is 13.8. The molecule has 0 fully saturated rings. The number of carbonyl (C=O) groups excluding carboxylic acids is 1. The lowest BCUT2D eigenvalue weighted by Crippen LogP contribution is -2.13. The van der Waals surface area contributed by atoms with Crippen molar-refractivity contribution in [2.75, 3.05) is 5.32 Å². The highest BCUT2D eigenvalue weighted by Gasteiger charge is 2.11. The fraction of sp³-hybridized carbons (Fsp3) is 0. The van der Waals surface area contributed by atoms with Gasteiger partial charge < -0.3 is 5.32 Å². The number of para-hydroxylation sites is 1. The van der Waals surface area contributed by atoms with Crippen LogP contribution in [0.1, 0.15) is 10.4 Å². The quantitative estimate of drug-likeness (QED) is 0.549. The highest BCUT2D eigenvalue weighted by Crippen LogP contribution is 2.24. The van der Waals surface area contributed by atoms with Crippen LogP contribution in [-0.4, -0.2) is 10.9 Å². The number of nitrogens with one attached hydrogen (secondary N) is 1. The van der Waals surface area contributed by atoms with E-state index in [1.807, 2.05) is 54.6 Å². The van der Waals surface area contributed by atoms with Crippen LogP contribution in [0.3, 0.4) is 0 Å². The molecule has 0 spiro atoms. The van der Waals surface area contributed by atoms with E-state index in [-0.39, 0.29) is 5.56 Å². The molecule has 1 heterocycles. The third-order valence-corrected chi connectivity index (χ3v) is 4.13. The molecular weight excluding hydrogens is 327 g/mol. The molecule has 0 atom stereocenters. The Balaban J connectivity index is 1.64. The van der Waals surface area contributed by atoms with Gasteiger partial charge in [0.1, 0.15) is 5.82 Å². The lowest BCUT2D eigenvalue weighted by molar-refractivity contribution is 0.102. The van der Waals surface area contributed by atoms with Crippen LogP contribution in [0.25, 0.3) is 22.2 Å². The molecule has 3 nitrogen and oxygen atoms in total. The van der Waals surface area contributed by atoms with Gasteiger partial charge in [0.05, 0.1) is 16.8 Å². The van der Waals surface area contributed by atoms with Crippen LogP contribution in [0.5, 0.6) is 0 Å². The maximum absolute atomic E-state index is 13.8. The monoisotopic (exact) mass is 342 g/mol. The van der Waals surface area contributed by atoms with E-state index in [2.05, 4.69) is 10.3 Å². The van der Waals surface area contributed by atoms with Gasteiger partial charge in [-0.2, -0.15) is 0 Å². The average Bonchev–Trinajstić information content (AvgIpc) is 2.68. The fourth-order valence-electron chi connectivity index (χ4n) is 2.83. The molecule has 26 heavy (non-hydrogen) atoms. The van der Waals surface area contributed by atoms with Crippen LogP contribution in [0, 0.1) is 5.82 Å². The van der Waals surface area contributed by atoms with Gasteiger partial charge >= 0.3 is 0 Å². The normalized spacial score (nSPS) is 10.7. The minimum Gasteiger partial charge on any atom is -0.322 e. The van der Waals surface area contributed by atoms with E-state index in [0.717, 1.165) is 22.2 Å². The van der Waals surface area contributed by atoms with E-state index < -0.39 is 11.7 Å². The van der Waals surface area contributed by atoms with Crippen molar-refractivity contribution < 1.29 is 9.18 Å². The molecule has 0 aliphatic carbocycles. The number of aromatic nitrogens is 1. The highest BCUT2D eigenvalue weighted by atomic mass is 19.1. The number of halogens is 1. The van der Waals surface area contributed by atoms with Gasteiger partial charge in [0.15, 0.2) is 0 Å². The fourth-order valence-corrected chi connectivity index (χ4v) is 2.83. The molecule has 0 aliphatic rings. The van der Waals surface area contributed by atoms with Gasteiger partial charge in [-0.15, -0.1) is 0 Å². The summed E-state index contributed by atoms with van der Waals surface area (Å²) in [5.41, 5.74) is 3.20. The number of amides is 1. The van der Waals surface area contributed by atoms with E-state index in [9.17, 15) is 9.18 Å². The molecule has 4 heteroatoms. The molecule has 3 aromatic carbocycles. The minimum atomic E-state index is -0.544. The molecule has 1 N–H and O–H groups in total. The zero-order valence-corrected chi connectivity index (χ0v) is 13.8. The van der Waals surface area contributed by atoms with Crippen molar-refractivity contribution in [1.29, 1.82) is 0 Å². The SMILES string of the molecule is O=C(Nc1cccc(-c2ccc3ccccc3n2)c1)c1ccccc1F. The van der Waals surface area contributed by atoms with Gasteiger partial charge in [-0.1, -0.05) is 48.5 Å². The van der Waals surface area contributed by atoms with E-state index in [0.29, 0.717) is 5.69 Å². The van der Waals surface area contributed by atoms with Crippen molar-refractivity contribution >= 4 is 22.5 Å². The van der Waals surface area contributed by atoms with Gasteiger partial charge in [0.25, 0.3) is 5.91 Å². The minimum absolute atomic E-state index is 0.0155. The van der Waals surface area contributed by atoms with Crippen LogP contribution in [0.15, 0.2) is 84.9 Å². The first-order chi connectivity index (χ1) is 12.7. The second kappa shape index (κ2) is 6.76. The number of rotatable bonds is 3. The Labute approximate surface area is 150 Å². The summed E-state index contributed by atoms with van der Waals surface area (Å²) in [6.45, 7) is 0. The molecule has 0 saturated heterocycles. The predicted octanol–water partition coefficient (Wildman–Crippen LogP) is 5.29. The van der Waals surface area contributed by atoms with E-state index in [1.54, 1.807) is 18.2 Å². The largest absolute Gasteiger partial charge is 0.322 e. The van der Waals surface area contributed by atoms with Crippen LogP contribution < -0.4 is 5.32 Å². The molecule has 0 aliphatic heterocycles. The summed E-state index contributed by atoms with van der Waals surface area (Å²) in [6, 6.07) is 25.1. The number of hydrogen-bond acceptors (Lipinski definition) is 2. The van der Waals surface area contributed by atoms with Crippen molar-refractivity contribution in [3.05, 3.63) is 96.3 Å². The second-order valence-corrected chi connectivity index (χ2v) is 5.90. The zero-order chi connectivity index (χ0) is 17.9. The van der Waals surface area contributed by atoms with Crippen molar-refractivity contribution in [2.45, 2.75) is 0 Å².